The fourth-order valence-corrected chi connectivity index (χ4v) is 13.6. The first kappa shape index (κ1) is 69.7. The van der Waals surface area contributed by atoms with Crippen LogP contribution in [0.4, 0.5) is 17.5 Å². The van der Waals surface area contributed by atoms with Crippen molar-refractivity contribution in [2.24, 2.45) is 5.73 Å². The zero-order valence-corrected chi connectivity index (χ0v) is 57.6. The van der Waals surface area contributed by atoms with Gasteiger partial charge in [0.2, 0.25) is 5.91 Å². The topological polar surface area (TPSA) is 315 Å². The molecule has 0 fully saturated rings. The molecule has 23 nitrogen and oxygen atoms in total. The normalized spacial score (nSPS) is 12.0. The summed E-state index contributed by atoms with van der Waals surface area (Å²) < 4.78 is 91.2. The molecule has 98 heavy (non-hydrogen) atoms. The van der Waals surface area contributed by atoms with Gasteiger partial charge in [0.1, 0.15) is 23.1 Å². The van der Waals surface area contributed by atoms with Gasteiger partial charge < -0.3 is 15.7 Å². The highest BCUT2D eigenvalue weighted by atomic mass is 32.2. The Morgan fingerprint density at radius 1 is 0.439 bits per heavy atom. The number of rotatable bonds is 17. The van der Waals surface area contributed by atoms with Gasteiger partial charge in [-0.2, -0.15) is 15.3 Å². The number of nitrogens with two attached hydrogens (primary N) is 1. The number of carbonyl (C=O) groups is 2. The number of benzene rings is 6. The SMILES string of the molecule is CC(C)(C)c1ccc(S(=O)(=O)Nc2cc(CC(=O)O)nn2-c2cccc3ncccc23)cc1.CC(C)(C)c1ccc(S(=O)(=O)Nc2cc(CC(N)=O)nn2-c2cccc3ncccc23)cc1.[C-]#[N+]Cc1cc(NS(=O)(=O)c2ccc(C(C)(C)C)cc2)n(-c2cccc3ncccc23)n1. The summed E-state index contributed by atoms with van der Waals surface area (Å²) in [4.78, 5) is 39.6. The number of sulfonamides is 3. The van der Waals surface area contributed by atoms with Crippen LogP contribution in [0.25, 0.3) is 54.6 Å². The Kier molecular flexibility index (Phi) is 19.8. The smallest absolute Gasteiger partial charge is 0.309 e. The third-order valence-corrected chi connectivity index (χ3v) is 19.7. The molecule has 0 atom stereocenters. The second kappa shape index (κ2) is 27.9. The van der Waals surface area contributed by atoms with E-state index in [0.717, 1.165) is 43.9 Å². The third-order valence-electron chi connectivity index (χ3n) is 15.6. The van der Waals surface area contributed by atoms with Gasteiger partial charge in [0.15, 0.2) is 0 Å². The fourth-order valence-electron chi connectivity index (χ4n) is 10.5. The van der Waals surface area contributed by atoms with E-state index in [0.29, 0.717) is 34.0 Å². The van der Waals surface area contributed by atoms with Crippen molar-refractivity contribution in [3.63, 3.8) is 0 Å². The van der Waals surface area contributed by atoms with Crippen LogP contribution in [0.1, 0.15) is 96.1 Å². The standard InChI is InChI=1S/C24H25N5O3S.C24H23N5O2S.C24H24N4O4S/c1-24(2,3)16-9-11-18(12-10-16)33(31,32)28-23-15-17(14-22(25)30)27-29(23)21-8-4-7-20-19(21)6-5-13-26-20;1-24(2,3)17-10-12-19(13-11-17)32(30,31)28-23-15-18(16-25-4)27-29(23)22-9-5-8-21-20(22)7-6-14-26-21;1-24(2,3)16-9-11-18(12-10-16)33(31,32)27-22-14-17(15-23(29)30)26-28(22)21-8-4-7-20-19(21)6-5-13-25-20/h4-13,15,28H,14H2,1-3H3,(H2,25,30);5-15,28H,16H2,1-3H3;4-14,27H,15H2,1-3H3,(H,29,30). The molecule has 0 radical (unpaired) electrons. The molecule has 0 aliphatic heterocycles. The quantitative estimate of drug-likeness (QED) is 0.0529. The van der Waals surface area contributed by atoms with Crippen molar-refractivity contribution in [3.05, 3.63) is 246 Å². The maximum atomic E-state index is 13.2. The van der Waals surface area contributed by atoms with E-state index in [2.05, 4.69) is 112 Å². The summed E-state index contributed by atoms with van der Waals surface area (Å²) >= 11 is 0. The minimum atomic E-state index is -3.95. The van der Waals surface area contributed by atoms with E-state index in [1.165, 1.54) is 26.2 Å². The number of nitrogens with one attached hydrogen (secondary N) is 3. The molecule has 6 heterocycles. The van der Waals surface area contributed by atoms with Gasteiger partial charge in [0, 0.05) is 52.9 Å². The van der Waals surface area contributed by atoms with Crippen molar-refractivity contribution in [1.82, 2.24) is 44.3 Å². The molecule has 6 aromatic carbocycles. The summed E-state index contributed by atoms with van der Waals surface area (Å²) in [6.07, 6.45) is 4.58. The lowest BCUT2D eigenvalue weighted by Crippen LogP contribution is -2.17. The molecule has 0 saturated heterocycles. The van der Waals surface area contributed by atoms with Gasteiger partial charge in [0.25, 0.3) is 36.6 Å². The number of nitrogens with zero attached hydrogens (tertiary/aromatic N) is 10. The molecule has 0 aliphatic rings. The lowest BCUT2D eigenvalue weighted by Gasteiger charge is -2.19. The van der Waals surface area contributed by atoms with E-state index in [1.807, 2.05) is 72.8 Å². The molecule has 0 bridgehead atoms. The number of amides is 1. The number of aliphatic carboxylic acids is 1. The van der Waals surface area contributed by atoms with Crippen LogP contribution in [-0.2, 0) is 75.3 Å². The van der Waals surface area contributed by atoms with Crippen LogP contribution >= 0.6 is 0 Å². The number of carboxylic acids is 1. The molecule has 1 amide bonds. The van der Waals surface area contributed by atoms with E-state index < -0.39 is 41.9 Å². The maximum Gasteiger partial charge on any atom is 0.309 e. The van der Waals surface area contributed by atoms with Crippen molar-refractivity contribution < 1.29 is 39.9 Å². The average Bonchev–Trinajstić information content (AvgIpc) is 1.57. The molecule has 12 aromatic rings. The lowest BCUT2D eigenvalue weighted by molar-refractivity contribution is -0.136. The maximum absolute atomic E-state index is 13.2. The van der Waals surface area contributed by atoms with Crippen molar-refractivity contribution in [1.29, 1.82) is 0 Å². The van der Waals surface area contributed by atoms with Gasteiger partial charge in [-0.25, -0.2) is 45.9 Å². The highest BCUT2D eigenvalue weighted by Gasteiger charge is 2.26. The molecule has 0 spiro atoms. The van der Waals surface area contributed by atoms with E-state index in [4.69, 9.17) is 12.3 Å². The number of fused-ring (bicyclic) bond motifs is 3. The average molecular weight is 1370 g/mol. The van der Waals surface area contributed by atoms with Crippen molar-refractivity contribution in [2.75, 3.05) is 14.2 Å². The minimum absolute atomic E-state index is 0.0467. The number of primary amides is 1. The number of hydrogen-bond acceptors (Lipinski definition) is 14. The largest absolute Gasteiger partial charge is 0.481 e. The summed E-state index contributed by atoms with van der Waals surface area (Å²) in [6.45, 7) is 25.8. The predicted molar refractivity (Wildman–Crippen MR) is 379 cm³/mol. The first-order chi connectivity index (χ1) is 46.3. The molecular weight excluding hydrogens is 1300 g/mol. The van der Waals surface area contributed by atoms with Crippen molar-refractivity contribution in [2.45, 2.75) is 113 Å². The fraction of sp³-hybridized carbons (Fsp3) is 0.208. The van der Waals surface area contributed by atoms with Gasteiger partial charge in [-0.05, 0) is 142 Å². The van der Waals surface area contributed by atoms with Crippen LogP contribution in [0.3, 0.4) is 0 Å². The van der Waals surface area contributed by atoms with Crippen LogP contribution in [0.5, 0.6) is 0 Å². The Bertz CT molecular complexity index is 5120. The van der Waals surface area contributed by atoms with Gasteiger partial charge in [-0.15, -0.1) is 0 Å². The van der Waals surface area contributed by atoms with Gasteiger partial charge in [-0.1, -0.05) is 117 Å². The minimum Gasteiger partial charge on any atom is -0.481 e. The summed E-state index contributed by atoms with van der Waals surface area (Å²) in [5.41, 5.74) is 13.3. The Balaban J connectivity index is 0.000000159. The molecule has 6 N–H and O–H groups in total. The summed E-state index contributed by atoms with van der Waals surface area (Å²) in [6, 6.07) is 52.3. The molecular formula is C72H72N14O9S3. The van der Waals surface area contributed by atoms with Crippen LogP contribution in [-0.4, -0.2) is 86.5 Å². The summed E-state index contributed by atoms with van der Waals surface area (Å²) in [7, 11) is -11.7. The zero-order valence-electron chi connectivity index (χ0n) is 55.2. The predicted octanol–water partition coefficient (Wildman–Crippen LogP) is 12.6. The first-order valence-corrected chi connectivity index (χ1v) is 35.3. The van der Waals surface area contributed by atoms with Crippen LogP contribution in [0, 0.1) is 6.57 Å². The Hall–Kier alpha value is -11.1. The van der Waals surface area contributed by atoms with E-state index in [9.17, 15) is 39.9 Å². The van der Waals surface area contributed by atoms with Gasteiger partial charge in [-0.3, -0.25) is 38.7 Å². The second-order valence-electron chi connectivity index (χ2n) is 26.0. The molecule has 6 aromatic heterocycles. The monoisotopic (exact) mass is 1370 g/mol. The number of carboxylic acid groups (broad SMARTS) is 1. The summed E-state index contributed by atoms with van der Waals surface area (Å²) in [5, 5.41) is 24.9. The molecule has 26 heteroatoms. The molecule has 0 unspecified atom stereocenters. The Labute approximate surface area is 568 Å². The Morgan fingerprint density at radius 3 is 1.02 bits per heavy atom. The van der Waals surface area contributed by atoms with E-state index in [-0.39, 0.29) is 73.5 Å². The molecule has 0 saturated carbocycles. The molecule has 0 aliphatic carbocycles. The number of anilines is 3. The lowest BCUT2D eigenvalue weighted by atomic mass is 9.87. The number of carbonyl (C=O) groups excluding carboxylic acids is 1. The zero-order chi connectivity index (χ0) is 70.5. The summed E-state index contributed by atoms with van der Waals surface area (Å²) in [5.74, 6) is -1.03. The third kappa shape index (κ3) is 16.2. The highest BCUT2D eigenvalue weighted by Crippen LogP contribution is 2.33. The highest BCUT2D eigenvalue weighted by molar-refractivity contribution is 7.93. The number of aromatic nitrogens is 9. The van der Waals surface area contributed by atoms with E-state index >= 15 is 0 Å². The van der Waals surface area contributed by atoms with Crippen LogP contribution in [0.2, 0.25) is 0 Å². The number of hydrogen-bond donors (Lipinski definition) is 5. The van der Waals surface area contributed by atoms with Gasteiger partial charge >= 0.3 is 5.97 Å². The van der Waals surface area contributed by atoms with Crippen molar-refractivity contribution in [3.8, 4) is 17.1 Å². The van der Waals surface area contributed by atoms with Crippen LogP contribution in [0.15, 0.2) is 215 Å². The Morgan fingerprint density at radius 2 is 0.735 bits per heavy atom. The van der Waals surface area contributed by atoms with Gasteiger partial charge in [0.05, 0.1) is 72.5 Å². The second-order valence-corrected chi connectivity index (χ2v) is 31.1. The van der Waals surface area contributed by atoms with Crippen LogP contribution < -0.4 is 19.9 Å². The number of pyridine rings is 3. The molecule has 502 valence electrons. The van der Waals surface area contributed by atoms with E-state index in [1.54, 1.807) is 116 Å². The van der Waals surface area contributed by atoms with Crippen molar-refractivity contribution >= 4 is 92.1 Å². The first-order valence-electron chi connectivity index (χ1n) is 30.8. The molecule has 12 rings (SSSR count).